The monoisotopic (exact) mass is 331 g/mol. The molecule has 0 aromatic heterocycles. The van der Waals surface area contributed by atoms with Gasteiger partial charge in [-0.2, -0.15) is 0 Å². The summed E-state index contributed by atoms with van der Waals surface area (Å²) in [4.78, 5) is 4.45. The van der Waals surface area contributed by atoms with Crippen LogP contribution in [0.25, 0.3) is 0 Å². The highest BCUT2D eigenvalue weighted by molar-refractivity contribution is 9.10. The number of aromatic hydroxyl groups is 1. The van der Waals surface area contributed by atoms with Crippen molar-refractivity contribution in [2.45, 2.75) is 27.7 Å². The molecule has 2 aromatic rings. The maximum absolute atomic E-state index is 10.1. The Labute approximate surface area is 128 Å². The number of benzene rings is 2. The summed E-state index contributed by atoms with van der Waals surface area (Å²) in [5.74, 6) is 0.237. The van der Waals surface area contributed by atoms with E-state index in [4.69, 9.17) is 0 Å². The minimum Gasteiger partial charge on any atom is -0.506 e. The summed E-state index contributed by atoms with van der Waals surface area (Å²) in [7, 11) is 0. The molecular formula is C17H18BrNO. The molecule has 3 heteroatoms. The van der Waals surface area contributed by atoms with Crippen LogP contribution in [0.4, 0.5) is 5.69 Å². The quantitative estimate of drug-likeness (QED) is 0.759. The SMILES string of the molecule is Cc1ccc(N=Cc2cc(C)c(C)c(Br)c2O)cc1C. The van der Waals surface area contributed by atoms with Gasteiger partial charge in [0, 0.05) is 11.8 Å². The van der Waals surface area contributed by atoms with Crippen molar-refractivity contribution >= 4 is 27.8 Å². The number of halogens is 1. The lowest BCUT2D eigenvalue weighted by atomic mass is 10.1. The van der Waals surface area contributed by atoms with Crippen LogP contribution >= 0.6 is 15.9 Å². The summed E-state index contributed by atoms with van der Waals surface area (Å²) in [6.45, 7) is 8.14. The van der Waals surface area contributed by atoms with Gasteiger partial charge < -0.3 is 5.11 Å². The Morgan fingerprint density at radius 2 is 1.70 bits per heavy atom. The number of nitrogens with zero attached hydrogens (tertiary/aromatic N) is 1. The van der Waals surface area contributed by atoms with E-state index in [1.807, 2.05) is 32.0 Å². The van der Waals surface area contributed by atoms with E-state index in [1.165, 1.54) is 11.1 Å². The summed E-state index contributed by atoms with van der Waals surface area (Å²) in [5.41, 5.74) is 6.24. The highest BCUT2D eigenvalue weighted by Gasteiger charge is 2.09. The van der Waals surface area contributed by atoms with Crippen LogP contribution in [0.1, 0.15) is 27.8 Å². The zero-order chi connectivity index (χ0) is 14.9. The van der Waals surface area contributed by atoms with E-state index in [0.717, 1.165) is 26.9 Å². The van der Waals surface area contributed by atoms with Crippen LogP contribution in [-0.2, 0) is 0 Å². The van der Waals surface area contributed by atoms with Crippen LogP contribution in [0.3, 0.4) is 0 Å². The average Bonchev–Trinajstić information content (AvgIpc) is 2.42. The summed E-state index contributed by atoms with van der Waals surface area (Å²) in [6, 6.07) is 8.02. The molecule has 0 fully saturated rings. The maximum Gasteiger partial charge on any atom is 0.138 e. The Morgan fingerprint density at radius 3 is 2.35 bits per heavy atom. The molecule has 0 aliphatic carbocycles. The maximum atomic E-state index is 10.1. The van der Waals surface area contributed by atoms with Crippen molar-refractivity contribution in [3.05, 3.63) is 56.6 Å². The molecule has 0 saturated carbocycles. The van der Waals surface area contributed by atoms with Gasteiger partial charge in [-0.25, -0.2) is 0 Å². The summed E-state index contributed by atoms with van der Waals surface area (Å²) in [6.07, 6.45) is 1.70. The predicted molar refractivity (Wildman–Crippen MR) is 88.5 cm³/mol. The molecule has 0 unspecified atom stereocenters. The second-order valence-electron chi connectivity index (χ2n) is 5.10. The van der Waals surface area contributed by atoms with Crippen LogP contribution < -0.4 is 0 Å². The number of phenolic OH excluding ortho intramolecular Hbond substituents is 1. The number of hydrogen-bond donors (Lipinski definition) is 1. The van der Waals surface area contributed by atoms with Gasteiger partial charge in [-0.05, 0) is 84.1 Å². The van der Waals surface area contributed by atoms with Gasteiger partial charge in [-0.15, -0.1) is 0 Å². The fraction of sp³-hybridized carbons (Fsp3) is 0.235. The molecular weight excluding hydrogens is 314 g/mol. The molecule has 20 heavy (non-hydrogen) atoms. The van der Waals surface area contributed by atoms with Crippen molar-refractivity contribution < 1.29 is 5.11 Å². The second-order valence-corrected chi connectivity index (χ2v) is 5.89. The van der Waals surface area contributed by atoms with Crippen LogP contribution in [0.2, 0.25) is 0 Å². The summed E-state index contributed by atoms with van der Waals surface area (Å²) in [5, 5.41) is 10.1. The van der Waals surface area contributed by atoms with Gasteiger partial charge in [-0.1, -0.05) is 6.07 Å². The summed E-state index contributed by atoms with van der Waals surface area (Å²) >= 11 is 3.42. The number of aliphatic imine (C=N–C) groups is 1. The van der Waals surface area contributed by atoms with Gasteiger partial charge >= 0.3 is 0 Å². The lowest BCUT2D eigenvalue weighted by molar-refractivity contribution is 0.470. The molecule has 0 aliphatic heterocycles. The van der Waals surface area contributed by atoms with Crippen molar-refractivity contribution in [3.63, 3.8) is 0 Å². The van der Waals surface area contributed by atoms with E-state index < -0.39 is 0 Å². The molecule has 2 nitrogen and oxygen atoms in total. The fourth-order valence-corrected chi connectivity index (χ4v) is 2.48. The first-order chi connectivity index (χ1) is 9.40. The third-order valence-corrected chi connectivity index (χ3v) is 4.59. The molecule has 104 valence electrons. The molecule has 1 N–H and O–H groups in total. The highest BCUT2D eigenvalue weighted by Crippen LogP contribution is 2.32. The van der Waals surface area contributed by atoms with E-state index in [-0.39, 0.29) is 5.75 Å². The lowest BCUT2D eigenvalue weighted by Crippen LogP contribution is -1.90. The van der Waals surface area contributed by atoms with Crippen LogP contribution in [0.5, 0.6) is 5.75 Å². The molecule has 0 radical (unpaired) electrons. The zero-order valence-electron chi connectivity index (χ0n) is 12.2. The average molecular weight is 332 g/mol. The van der Waals surface area contributed by atoms with Crippen LogP contribution in [0.15, 0.2) is 33.7 Å². The molecule has 2 rings (SSSR count). The number of hydrogen-bond acceptors (Lipinski definition) is 2. The Morgan fingerprint density at radius 1 is 1.00 bits per heavy atom. The van der Waals surface area contributed by atoms with E-state index >= 15 is 0 Å². The summed E-state index contributed by atoms with van der Waals surface area (Å²) < 4.78 is 0.735. The first kappa shape index (κ1) is 14.8. The Kier molecular flexibility index (Phi) is 4.29. The topological polar surface area (TPSA) is 32.6 Å². The smallest absolute Gasteiger partial charge is 0.138 e. The molecule has 0 amide bonds. The predicted octanol–water partition coefficient (Wildman–Crippen LogP) is 5.14. The first-order valence-electron chi connectivity index (χ1n) is 6.50. The zero-order valence-corrected chi connectivity index (χ0v) is 13.7. The van der Waals surface area contributed by atoms with Gasteiger partial charge in [0.05, 0.1) is 10.2 Å². The Bertz CT molecular complexity index is 690. The number of phenols is 1. The molecule has 0 aliphatic rings. The van der Waals surface area contributed by atoms with Crippen molar-refractivity contribution in [1.82, 2.24) is 0 Å². The Balaban J connectivity index is 2.39. The first-order valence-corrected chi connectivity index (χ1v) is 7.29. The second kappa shape index (κ2) is 5.80. The molecule has 0 bridgehead atoms. The minimum absolute atomic E-state index is 0.237. The van der Waals surface area contributed by atoms with Crippen molar-refractivity contribution in [2.75, 3.05) is 0 Å². The van der Waals surface area contributed by atoms with Crippen molar-refractivity contribution in [1.29, 1.82) is 0 Å². The van der Waals surface area contributed by atoms with E-state index in [1.54, 1.807) is 6.21 Å². The van der Waals surface area contributed by atoms with Crippen LogP contribution in [-0.4, -0.2) is 11.3 Å². The van der Waals surface area contributed by atoms with E-state index in [0.29, 0.717) is 0 Å². The minimum atomic E-state index is 0.237. The lowest BCUT2D eigenvalue weighted by Gasteiger charge is -2.08. The molecule has 2 aromatic carbocycles. The van der Waals surface area contributed by atoms with Crippen molar-refractivity contribution in [2.24, 2.45) is 4.99 Å². The van der Waals surface area contributed by atoms with Crippen molar-refractivity contribution in [3.8, 4) is 5.75 Å². The highest BCUT2D eigenvalue weighted by atomic mass is 79.9. The standard InChI is InChI=1S/C17H18BrNO/c1-10-5-6-15(8-11(10)2)19-9-14-7-12(3)13(4)16(18)17(14)20/h5-9,20H,1-4H3. The third kappa shape index (κ3) is 2.93. The number of rotatable bonds is 2. The molecule has 0 saturated heterocycles. The normalized spacial score (nSPS) is 11.2. The molecule has 0 spiro atoms. The van der Waals surface area contributed by atoms with Gasteiger partial charge in [0.2, 0.25) is 0 Å². The Hall–Kier alpha value is -1.61. The van der Waals surface area contributed by atoms with Gasteiger partial charge in [0.25, 0.3) is 0 Å². The van der Waals surface area contributed by atoms with Gasteiger partial charge in [0.1, 0.15) is 5.75 Å². The van der Waals surface area contributed by atoms with Gasteiger partial charge in [-0.3, -0.25) is 4.99 Å². The van der Waals surface area contributed by atoms with Crippen LogP contribution in [0, 0.1) is 27.7 Å². The van der Waals surface area contributed by atoms with Gasteiger partial charge in [0.15, 0.2) is 0 Å². The molecule has 0 heterocycles. The number of aryl methyl sites for hydroxylation is 3. The van der Waals surface area contributed by atoms with E-state index in [9.17, 15) is 5.11 Å². The third-order valence-electron chi connectivity index (χ3n) is 3.62. The van der Waals surface area contributed by atoms with E-state index in [2.05, 4.69) is 40.8 Å². The largest absolute Gasteiger partial charge is 0.506 e. The molecule has 0 atom stereocenters. The fourth-order valence-electron chi connectivity index (χ4n) is 1.94.